The van der Waals surface area contributed by atoms with Crippen molar-refractivity contribution in [3.63, 3.8) is 0 Å². The van der Waals surface area contributed by atoms with Crippen LogP contribution in [0.15, 0.2) is 53.7 Å². The van der Waals surface area contributed by atoms with Crippen molar-refractivity contribution in [2.45, 2.75) is 31.7 Å². The molecule has 1 fully saturated rings. The molecule has 0 radical (unpaired) electrons. The van der Waals surface area contributed by atoms with Gasteiger partial charge in [-0.05, 0) is 42.7 Å². The van der Waals surface area contributed by atoms with Gasteiger partial charge in [0.1, 0.15) is 17.5 Å². The van der Waals surface area contributed by atoms with Crippen LogP contribution in [0.1, 0.15) is 53.3 Å². The predicted octanol–water partition coefficient (Wildman–Crippen LogP) is 3.79. The molecule has 9 nitrogen and oxygen atoms in total. The Bertz CT molecular complexity index is 1580. The molecule has 1 saturated heterocycles. The molecular weight excluding hydrogens is 513 g/mol. The third-order valence-corrected chi connectivity index (χ3v) is 6.89. The number of pyridine rings is 1. The standard InChI is InChI=1S/C27H25F3N6O3/c1-3-22(16-8-19(29)10-20(30)9-16)36-24(17-11-32-34(2)13-17)33-25(37)23(27(36)39)26(38)35-7-6-15(14-35)21-5-4-18(28)12-31-21/h4-5,8-13,15,22,37H,3,6-7,14H2,1-2H3/t15?,22-/m0/s1. The highest BCUT2D eigenvalue weighted by molar-refractivity contribution is 5.96. The van der Waals surface area contributed by atoms with Gasteiger partial charge in [-0.1, -0.05) is 6.92 Å². The summed E-state index contributed by atoms with van der Waals surface area (Å²) in [7, 11) is 1.66. The van der Waals surface area contributed by atoms with E-state index < -0.39 is 46.4 Å². The molecule has 1 N–H and O–H groups in total. The molecule has 1 aliphatic heterocycles. The summed E-state index contributed by atoms with van der Waals surface area (Å²) in [4.78, 5) is 37.3. The van der Waals surface area contributed by atoms with Gasteiger partial charge in [0.15, 0.2) is 11.4 Å². The number of aromatic nitrogens is 5. The van der Waals surface area contributed by atoms with Gasteiger partial charge in [0.2, 0.25) is 5.88 Å². The topological polar surface area (TPSA) is 106 Å². The molecule has 0 spiro atoms. The molecule has 1 aromatic carbocycles. The van der Waals surface area contributed by atoms with Crippen molar-refractivity contribution < 1.29 is 23.1 Å². The lowest BCUT2D eigenvalue weighted by molar-refractivity contribution is 0.0784. The fourth-order valence-electron chi connectivity index (χ4n) is 5.05. The van der Waals surface area contributed by atoms with Crippen molar-refractivity contribution in [3.8, 4) is 17.3 Å². The lowest BCUT2D eigenvalue weighted by Gasteiger charge is -2.24. The quantitative estimate of drug-likeness (QED) is 0.401. The summed E-state index contributed by atoms with van der Waals surface area (Å²) in [5.41, 5.74) is -0.269. The SMILES string of the molecule is CC[C@@H](c1cc(F)cc(F)c1)n1c(-c2cnn(C)c2)nc(O)c(C(=O)N2CCC(c3ccc(F)cn3)C2)c1=O. The molecule has 1 amide bonds. The number of hydrogen-bond donors (Lipinski definition) is 1. The van der Waals surface area contributed by atoms with E-state index in [1.807, 2.05) is 0 Å². The third-order valence-electron chi connectivity index (χ3n) is 6.89. The first-order valence-electron chi connectivity index (χ1n) is 12.4. The first-order valence-corrected chi connectivity index (χ1v) is 12.4. The number of aromatic hydroxyl groups is 1. The van der Waals surface area contributed by atoms with Crippen LogP contribution in [-0.2, 0) is 7.05 Å². The summed E-state index contributed by atoms with van der Waals surface area (Å²) in [6, 6.07) is 4.89. The summed E-state index contributed by atoms with van der Waals surface area (Å²) in [6.45, 7) is 2.20. The minimum absolute atomic E-state index is 0.00604. The van der Waals surface area contributed by atoms with Gasteiger partial charge in [-0.15, -0.1) is 0 Å². The van der Waals surface area contributed by atoms with Crippen LogP contribution in [0.25, 0.3) is 11.4 Å². The van der Waals surface area contributed by atoms with Gasteiger partial charge < -0.3 is 10.0 Å². The van der Waals surface area contributed by atoms with Crippen molar-refractivity contribution in [3.05, 3.63) is 93.5 Å². The first-order chi connectivity index (χ1) is 18.7. The maximum absolute atomic E-state index is 14.2. The van der Waals surface area contributed by atoms with Crippen molar-refractivity contribution >= 4 is 5.91 Å². The maximum Gasteiger partial charge on any atom is 0.271 e. The summed E-state index contributed by atoms with van der Waals surface area (Å²) in [5.74, 6) is -3.79. The van der Waals surface area contributed by atoms with Crippen LogP contribution in [-0.4, -0.2) is 53.3 Å². The lowest BCUT2D eigenvalue weighted by Crippen LogP contribution is -2.38. The predicted molar refractivity (Wildman–Crippen MR) is 135 cm³/mol. The van der Waals surface area contributed by atoms with E-state index in [-0.39, 0.29) is 36.8 Å². The largest absolute Gasteiger partial charge is 0.493 e. The van der Waals surface area contributed by atoms with Crippen molar-refractivity contribution in [2.75, 3.05) is 13.1 Å². The van der Waals surface area contributed by atoms with E-state index in [4.69, 9.17) is 0 Å². The summed E-state index contributed by atoms with van der Waals surface area (Å²) >= 11 is 0. The number of amides is 1. The fraction of sp³-hybridized carbons (Fsp3) is 0.296. The number of rotatable bonds is 6. The minimum Gasteiger partial charge on any atom is -0.493 e. The van der Waals surface area contributed by atoms with E-state index in [1.165, 1.54) is 26.4 Å². The molecule has 0 bridgehead atoms. The Kier molecular flexibility index (Phi) is 6.94. The normalized spacial score (nSPS) is 16.0. The molecule has 4 aromatic rings. The number of benzene rings is 1. The fourth-order valence-corrected chi connectivity index (χ4v) is 5.05. The zero-order chi connectivity index (χ0) is 27.8. The van der Waals surface area contributed by atoms with Crippen molar-refractivity contribution in [1.82, 2.24) is 29.2 Å². The van der Waals surface area contributed by atoms with E-state index in [9.17, 15) is 27.9 Å². The average Bonchev–Trinajstić information content (AvgIpc) is 3.55. The highest BCUT2D eigenvalue weighted by atomic mass is 19.1. The van der Waals surface area contributed by atoms with Crippen LogP contribution < -0.4 is 5.56 Å². The highest BCUT2D eigenvalue weighted by Gasteiger charge is 2.34. The molecule has 4 heterocycles. The van der Waals surface area contributed by atoms with Gasteiger partial charge in [-0.25, -0.2) is 13.2 Å². The van der Waals surface area contributed by atoms with E-state index in [0.717, 1.165) is 24.4 Å². The summed E-state index contributed by atoms with van der Waals surface area (Å²) in [5, 5.41) is 14.9. The molecule has 3 aromatic heterocycles. The van der Waals surface area contributed by atoms with Crippen LogP contribution in [0.5, 0.6) is 5.88 Å². The van der Waals surface area contributed by atoms with Gasteiger partial charge >= 0.3 is 0 Å². The second-order valence-corrected chi connectivity index (χ2v) is 9.48. The van der Waals surface area contributed by atoms with E-state index >= 15 is 0 Å². The molecule has 12 heteroatoms. The number of likely N-dealkylation sites (tertiary alicyclic amines) is 1. The number of carbonyl (C=O) groups is 1. The second-order valence-electron chi connectivity index (χ2n) is 9.48. The smallest absolute Gasteiger partial charge is 0.271 e. The van der Waals surface area contributed by atoms with Crippen LogP contribution in [0, 0.1) is 17.5 Å². The van der Waals surface area contributed by atoms with Crippen LogP contribution >= 0.6 is 0 Å². The molecular formula is C27H25F3N6O3. The van der Waals surface area contributed by atoms with Gasteiger partial charge in [-0.2, -0.15) is 10.1 Å². The monoisotopic (exact) mass is 538 g/mol. The van der Waals surface area contributed by atoms with Crippen LogP contribution in [0.3, 0.4) is 0 Å². The second kappa shape index (κ2) is 10.4. The van der Waals surface area contributed by atoms with Gasteiger partial charge in [-0.3, -0.25) is 23.8 Å². The Morgan fingerprint density at radius 1 is 1.13 bits per heavy atom. The number of aryl methyl sites for hydroxylation is 1. The van der Waals surface area contributed by atoms with E-state index in [2.05, 4.69) is 15.1 Å². The van der Waals surface area contributed by atoms with Crippen molar-refractivity contribution in [2.24, 2.45) is 7.05 Å². The molecule has 0 aliphatic carbocycles. The lowest BCUT2D eigenvalue weighted by atomic mass is 10.0. The average molecular weight is 539 g/mol. The maximum atomic E-state index is 14.2. The Morgan fingerprint density at radius 2 is 1.87 bits per heavy atom. The molecule has 1 aliphatic rings. The molecule has 0 saturated carbocycles. The number of carbonyl (C=O) groups excluding carboxylic acids is 1. The van der Waals surface area contributed by atoms with Gasteiger partial charge in [0.25, 0.3) is 11.5 Å². The number of nitrogens with zero attached hydrogens (tertiary/aromatic N) is 6. The zero-order valence-corrected chi connectivity index (χ0v) is 21.2. The van der Waals surface area contributed by atoms with Gasteiger partial charge in [0.05, 0.1) is 24.0 Å². The van der Waals surface area contributed by atoms with E-state index in [0.29, 0.717) is 17.7 Å². The number of hydrogen-bond acceptors (Lipinski definition) is 6. The van der Waals surface area contributed by atoms with Crippen molar-refractivity contribution in [1.29, 1.82) is 0 Å². The van der Waals surface area contributed by atoms with Crippen LogP contribution in [0.4, 0.5) is 13.2 Å². The molecule has 2 atom stereocenters. The summed E-state index contributed by atoms with van der Waals surface area (Å²) in [6.07, 6.45) is 4.85. The third kappa shape index (κ3) is 5.01. The van der Waals surface area contributed by atoms with E-state index in [1.54, 1.807) is 26.2 Å². The Balaban J connectivity index is 1.60. The highest BCUT2D eigenvalue weighted by Crippen LogP contribution is 2.31. The molecule has 5 rings (SSSR count). The molecule has 39 heavy (non-hydrogen) atoms. The van der Waals surface area contributed by atoms with Gasteiger partial charge in [0, 0.05) is 44.0 Å². The summed E-state index contributed by atoms with van der Waals surface area (Å²) < 4.78 is 44.3. The Morgan fingerprint density at radius 3 is 2.49 bits per heavy atom. The Labute approximate surface area is 221 Å². The first kappa shape index (κ1) is 26.1. The molecule has 202 valence electrons. The minimum atomic E-state index is -0.910. The molecule has 1 unspecified atom stereocenters. The number of halogens is 3. The van der Waals surface area contributed by atoms with Crippen LogP contribution in [0.2, 0.25) is 0 Å². The Hall–Kier alpha value is -4.48. The zero-order valence-electron chi connectivity index (χ0n) is 21.2.